The van der Waals surface area contributed by atoms with Gasteiger partial charge in [-0.05, 0) is 18.9 Å². The van der Waals surface area contributed by atoms with Crippen molar-refractivity contribution in [3.05, 3.63) is 28.7 Å². The summed E-state index contributed by atoms with van der Waals surface area (Å²) in [7, 11) is 0. The van der Waals surface area contributed by atoms with Crippen LogP contribution in [0.3, 0.4) is 0 Å². The van der Waals surface area contributed by atoms with Crippen LogP contribution >= 0.6 is 0 Å². The first-order chi connectivity index (χ1) is 7.95. The molecule has 1 atom stereocenters. The van der Waals surface area contributed by atoms with E-state index in [9.17, 15) is 9.59 Å². The summed E-state index contributed by atoms with van der Waals surface area (Å²) in [5.74, 6) is -0.159. The summed E-state index contributed by atoms with van der Waals surface area (Å²) in [6, 6.07) is 2.47. The topological polar surface area (TPSA) is 77.1 Å². The molecule has 0 fully saturated rings. The highest BCUT2D eigenvalue weighted by atomic mass is 16.2. The summed E-state index contributed by atoms with van der Waals surface area (Å²) in [5.41, 5.74) is 6.23. The van der Waals surface area contributed by atoms with Gasteiger partial charge in [-0.15, -0.1) is 0 Å². The number of hydrogen-bond donors (Lipinski definition) is 2. The minimum atomic E-state index is -0.544. The molecular formula is C12H19N3O2. The Hall–Kier alpha value is -1.62. The number of carbonyl (C=O) groups is 1. The molecule has 94 valence electrons. The van der Waals surface area contributed by atoms with Crippen molar-refractivity contribution in [2.24, 2.45) is 11.7 Å². The highest BCUT2D eigenvalue weighted by molar-refractivity contribution is 5.94. The number of amides is 1. The third kappa shape index (κ3) is 3.42. The van der Waals surface area contributed by atoms with Crippen molar-refractivity contribution in [3.63, 3.8) is 0 Å². The summed E-state index contributed by atoms with van der Waals surface area (Å²) in [6.07, 6.45) is 1.62. The second kappa shape index (κ2) is 5.63. The molecule has 1 amide bonds. The van der Waals surface area contributed by atoms with Crippen molar-refractivity contribution >= 4 is 11.6 Å². The predicted octanol–water partition coefficient (Wildman–Crippen LogP) is 0.790. The molecule has 0 bridgehead atoms. The van der Waals surface area contributed by atoms with Gasteiger partial charge in [0.2, 0.25) is 5.91 Å². The lowest BCUT2D eigenvalue weighted by Crippen LogP contribution is -2.40. The number of nitrogens with zero attached hydrogens (tertiary/aromatic N) is 1. The summed E-state index contributed by atoms with van der Waals surface area (Å²) < 4.78 is 1.52. The highest BCUT2D eigenvalue weighted by Crippen LogP contribution is 2.06. The van der Waals surface area contributed by atoms with Crippen molar-refractivity contribution in [1.82, 2.24) is 4.57 Å². The number of aromatic nitrogens is 1. The van der Waals surface area contributed by atoms with Crippen LogP contribution < -0.4 is 16.6 Å². The van der Waals surface area contributed by atoms with Crippen LogP contribution in [0.4, 0.5) is 5.69 Å². The molecule has 0 aromatic carbocycles. The molecule has 0 aliphatic rings. The number of nitrogens with one attached hydrogen (secondary N) is 1. The summed E-state index contributed by atoms with van der Waals surface area (Å²) in [5, 5.41) is 2.70. The summed E-state index contributed by atoms with van der Waals surface area (Å²) in [6.45, 7) is 6.21. The van der Waals surface area contributed by atoms with Gasteiger partial charge in [0.25, 0.3) is 5.56 Å². The maximum absolute atomic E-state index is 11.7. The zero-order valence-corrected chi connectivity index (χ0v) is 10.4. The third-order valence-electron chi connectivity index (χ3n) is 2.61. The average Bonchev–Trinajstić information content (AvgIpc) is 2.30. The normalized spacial score (nSPS) is 12.5. The second-order valence-electron chi connectivity index (χ2n) is 4.30. The number of hydrogen-bond acceptors (Lipinski definition) is 3. The molecule has 0 aliphatic heterocycles. The maximum atomic E-state index is 11.7. The Morgan fingerprint density at radius 1 is 1.47 bits per heavy atom. The van der Waals surface area contributed by atoms with Gasteiger partial charge in [-0.1, -0.05) is 13.8 Å². The third-order valence-corrected chi connectivity index (χ3v) is 2.61. The first-order valence-electron chi connectivity index (χ1n) is 5.72. The summed E-state index contributed by atoms with van der Waals surface area (Å²) >= 11 is 0. The molecule has 0 saturated heterocycles. The highest BCUT2D eigenvalue weighted by Gasteiger charge is 2.17. The Bertz CT molecular complexity index is 451. The summed E-state index contributed by atoms with van der Waals surface area (Å²) in [4.78, 5) is 23.1. The van der Waals surface area contributed by atoms with E-state index >= 15 is 0 Å². The van der Waals surface area contributed by atoms with Gasteiger partial charge in [-0.25, -0.2) is 0 Å². The van der Waals surface area contributed by atoms with E-state index in [1.54, 1.807) is 12.3 Å². The second-order valence-corrected chi connectivity index (χ2v) is 4.30. The van der Waals surface area contributed by atoms with Gasteiger partial charge in [0.05, 0.1) is 11.7 Å². The molecule has 0 saturated carbocycles. The van der Waals surface area contributed by atoms with Crippen LogP contribution in [0.5, 0.6) is 0 Å². The van der Waals surface area contributed by atoms with Crippen molar-refractivity contribution in [2.45, 2.75) is 33.4 Å². The minimum Gasteiger partial charge on any atom is -0.323 e. The minimum absolute atomic E-state index is 0.0760. The quantitative estimate of drug-likeness (QED) is 0.812. The zero-order chi connectivity index (χ0) is 13.0. The number of rotatable bonds is 4. The van der Waals surface area contributed by atoms with E-state index in [4.69, 9.17) is 5.73 Å². The lowest BCUT2D eigenvalue weighted by atomic mass is 10.1. The first-order valence-corrected chi connectivity index (χ1v) is 5.72. The Morgan fingerprint density at radius 3 is 2.65 bits per heavy atom. The first kappa shape index (κ1) is 13.4. The van der Waals surface area contributed by atoms with E-state index in [0.717, 1.165) is 0 Å². The van der Waals surface area contributed by atoms with Gasteiger partial charge in [-0.2, -0.15) is 0 Å². The van der Waals surface area contributed by atoms with Crippen molar-refractivity contribution in [1.29, 1.82) is 0 Å². The van der Waals surface area contributed by atoms with E-state index in [-0.39, 0.29) is 17.4 Å². The fourth-order valence-electron chi connectivity index (χ4n) is 1.38. The van der Waals surface area contributed by atoms with Crippen molar-refractivity contribution < 1.29 is 4.79 Å². The maximum Gasteiger partial charge on any atom is 0.250 e. The molecule has 1 aromatic rings. The number of aryl methyl sites for hydroxylation is 1. The van der Waals surface area contributed by atoms with Gasteiger partial charge in [0.15, 0.2) is 0 Å². The molecule has 17 heavy (non-hydrogen) atoms. The molecule has 5 heteroatoms. The van der Waals surface area contributed by atoms with Crippen LogP contribution in [0.25, 0.3) is 0 Å². The Morgan fingerprint density at radius 2 is 2.12 bits per heavy atom. The van der Waals surface area contributed by atoms with Gasteiger partial charge >= 0.3 is 0 Å². The van der Waals surface area contributed by atoms with Gasteiger partial charge in [-0.3, -0.25) is 9.59 Å². The number of carbonyl (C=O) groups excluding carboxylic acids is 1. The molecule has 1 rings (SSSR count). The van der Waals surface area contributed by atoms with Gasteiger partial charge in [0, 0.05) is 18.8 Å². The lowest BCUT2D eigenvalue weighted by molar-refractivity contribution is -0.118. The number of pyridine rings is 1. The van der Waals surface area contributed by atoms with E-state index in [1.165, 1.54) is 10.6 Å². The van der Waals surface area contributed by atoms with Crippen molar-refractivity contribution in [2.75, 3.05) is 5.32 Å². The Balaban J connectivity index is 2.82. The number of anilines is 1. The monoisotopic (exact) mass is 237 g/mol. The standard InChI is InChI=1S/C12H19N3O2/c1-4-15-7-9(5-6-10(15)16)14-12(17)11(13)8(2)3/h5-8,11H,4,13H2,1-3H3,(H,14,17)/t11-/m1/s1. The fourth-order valence-corrected chi connectivity index (χ4v) is 1.38. The van der Waals surface area contributed by atoms with Crippen LogP contribution in [0.15, 0.2) is 23.1 Å². The smallest absolute Gasteiger partial charge is 0.250 e. The van der Waals surface area contributed by atoms with Crippen LogP contribution in [-0.4, -0.2) is 16.5 Å². The largest absolute Gasteiger partial charge is 0.323 e. The van der Waals surface area contributed by atoms with Gasteiger partial charge < -0.3 is 15.6 Å². The van der Waals surface area contributed by atoms with Crippen LogP contribution in [-0.2, 0) is 11.3 Å². The van der Waals surface area contributed by atoms with Crippen LogP contribution in [0.2, 0.25) is 0 Å². The van der Waals surface area contributed by atoms with Crippen molar-refractivity contribution in [3.8, 4) is 0 Å². The molecule has 0 radical (unpaired) electrons. The van der Waals surface area contributed by atoms with E-state index in [2.05, 4.69) is 5.32 Å². The Labute approximate surface area is 101 Å². The van der Waals surface area contributed by atoms with E-state index < -0.39 is 6.04 Å². The van der Waals surface area contributed by atoms with E-state index in [0.29, 0.717) is 12.2 Å². The molecule has 5 nitrogen and oxygen atoms in total. The molecule has 0 spiro atoms. The SMILES string of the molecule is CCn1cc(NC(=O)[C@H](N)C(C)C)ccc1=O. The predicted molar refractivity (Wildman–Crippen MR) is 67.8 cm³/mol. The molecular weight excluding hydrogens is 218 g/mol. The molecule has 0 unspecified atom stereocenters. The van der Waals surface area contributed by atoms with E-state index in [1.807, 2.05) is 20.8 Å². The lowest BCUT2D eigenvalue weighted by Gasteiger charge is -2.15. The molecule has 0 aliphatic carbocycles. The molecule has 3 N–H and O–H groups in total. The molecule has 1 heterocycles. The fraction of sp³-hybridized carbons (Fsp3) is 0.500. The average molecular weight is 237 g/mol. The molecule has 1 aromatic heterocycles. The van der Waals surface area contributed by atoms with Gasteiger partial charge in [0.1, 0.15) is 0 Å². The van der Waals surface area contributed by atoms with Crippen LogP contribution in [0, 0.1) is 5.92 Å². The number of nitrogens with two attached hydrogens (primary N) is 1. The Kier molecular flexibility index (Phi) is 4.45. The van der Waals surface area contributed by atoms with Crippen LogP contribution in [0.1, 0.15) is 20.8 Å². The zero-order valence-electron chi connectivity index (χ0n) is 10.4.